The van der Waals surface area contributed by atoms with Crippen molar-refractivity contribution in [2.24, 2.45) is 4.99 Å². The van der Waals surface area contributed by atoms with Crippen LogP contribution >= 0.6 is 24.0 Å². The summed E-state index contributed by atoms with van der Waals surface area (Å²) < 4.78 is 10.3. The Morgan fingerprint density at radius 2 is 1.67 bits per heavy atom. The molecule has 3 N–H and O–H groups in total. The van der Waals surface area contributed by atoms with E-state index in [1.807, 2.05) is 18.2 Å². The van der Waals surface area contributed by atoms with Crippen molar-refractivity contribution in [2.75, 3.05) is 39.7 Å². The SMILES string of the molecule is CN=C(NCc1ccc(NCCOC)cc1)NCc1cccc(OC)c1.I. The summed E-state index contributed by atoms with van der Waals surface area (Å²) in [5.74, 6) is 1.61. The van der Waals surface area contributed by atoms with E-state index in [2.05, 4.69) is 51.3 Å². The first-order valence-electron chi connectivity index (χ1n) is 8.64. The Bertz CT molecular complexity index is 693. The number of ether oxygens (including phenoxy) is 2. The van der Waals surface area contributed by atoms with Gasteiger partial charge in [-0.2, -0.15) is 0 Å². The molecule has 2 rings (SSSR count). The van der Waals surface area contributed by atoms with Gasteiger partial charge in [-0.05, 0) is 35.4 Å². The quantitative estimate of drug-likeness (QED) is 0.221. The van der Waals surface area contributed by atoms with E-state index in [9.17, 15) is 0 Å². The average Bonchev–Trinajstić information content (AvgIpc) is 2.69. The minimum absolute atomic E-state index is 0. The van der Waals surface area contributed by atoms with Gasteiger partial charge in [0.15, 0.2) is 5.96 Å². The second kappa shape index (κ2) is 13.2. The highest BCUT2D eigenvalue weighted by Gasteiger charge is 2.01. The van der Waals surface area contributed by atoms with Crippen molar-refractivity contribution in [3.63, 3.8) is 0 Å². The molecule has 2 aromatic rings. The lowest BCUT2D eigenvalue weighted by Crippen LogP contribution is -2.36. The average molecular weight is 484 g/mol. The predicted molar refractivity (Wildman–Crippen MR) is 122 cm³/mol. The number of halogens is 1. The van der Waals surface area contributed by atoms with Crippen molar-refractivity contribution in [2.45, 2.75) is 13.1 Å². The molecule has 0 spiro atoms. The summed E-state index contributed by atoms with van der Waals surface area (Å²) in [7, 11) is 5.14. The molecule has 148 valence electrons. The molecule has 0 saturated carbocycles. The van der Waals surface area contributed by atoms with Gasteiger partial charge in [-0.15, -0.1) is 24.0 Å². The molecule has 0 aromatic heterocycles. The Morgan fingerprint density at radius 3 is 2.30 bits per heavy atom. The molecule has 0 aliphatic heterocycles. The summed E-state index contributed by atoms with van der Waals surface area (Å²) in [5, 5.41) is 9.94. The first kappa shape index (κ1) is 23.0. The van der Waals surface area contributed by atoms with Crippen LogP contribution in [0, 0.1) is 0 Å². The molecule has 6 nitrogen and oxygen atoms in total. The summed E-state index contributed by atoms with van der Waals surface area (Å²) in [5.41, 5.74) is 3.41. The van der Waals surface area contributed by atoms with Crippen LogP contribution in [0.2, 0.25) is 0 Å². The van der Waals surface area contributed by atoms with Crippen LogP contribution in [0.4, 0.5) is 5.69 Å². The van der Waals surface area contributed by atoms with Gasteiger partial charge in [-0.3, -0.25) is 4.99 Å². The van der Waals surface area contributed by atoms with Gasteiger partial charge >= 0.3 is 0 Å². The molecule has 0 aliphatic rings. The third kappa shape index (κ3) is 8.49. The highest BCUT2D eigenvalue weighted by Crippen LogP contribution is 2.12. The zero-order valence-corrected chi connectivity index (χ0v) is 18.4. The normalized spacial score (nSPS) is 10.7. The fourth-order valence-corrected chi connectivity index (χ4v) is 2.41. The fourth-order valence-electron chi connectivity index (χ4n) is 2.41. The molecule has 0 bridgehead atoms. The van der Waals surface area contributed by atoms with Crippen LogP contribution < -0.4 is 20.7 Å². The van der Waals surface area contributed by atoms with E-state index in [0.29, 0.717) is 19.7 Å². The molecule has 27 heavy (non-hydrogen) atoms. The monoisotopic (exact) mass is 484 g/mol. The van der Waals surface area contributed by atoms with Crippen LogP contribution in [0.25, 0.3) is 0 Å². The molecule has 0 fully saturated rings. The Hall–Kier alpha value is -2.00. The first-order chi connectivity index (χ1) is 12.7. The number of aliphatic imine (C=N–C) groups is 1. The standard InChI is InChI=1S/C20H28N4O2.HI/c1-21-20(24-15-17-5-4-6-19(13-17)26-3)23-14-16-7-9-18(10-8-16)22-11-12-25-2;/h4-10,13,22H,11-12,14-15H2,1-3H3,(H2,21,23,24);1H. The molecule has 0 heterocycles. The van der Waals surface area contributed by atoms with Crippen LogP contribution in [0.1, 0.15) is 11.1 Å². The number of anilines is 1. The third-order valence-corrected chi connectivity index (χ3v) is 3.87. The molecule has 7 heteroatoms. The van der Waals surface area contributed by atoms with Gasteiger partial charge in [0.1, 0.15) is 5.75 Å². The highest BCUT2D eigenvalue weighted by atomic mass is 127. The van der Waals surface area contributed by atoms with Crippen molar-refractivity contribution in [3.05, 3.63) is 59.7 Å². The number of methoxy groups -OCH3 is 2. The zero-order chi connectivity index (χ0) is 18.6. The molecule has 0 amide bonds. The van der Waals surface area contributed by atoms with Crippen molar-refractivity contribution < 1.29 is 9.47 Å². The molecule has 0 unspecified atom stereocenters. The van der Waals surface area contributed by atoms with Gasteiger partial charge in [-0.1, -0.05) is 24.3 Å². The molecule has 0 radical (unpaired) electrons. The van der Waals surface area contributed by atoms with E-state index < -0.39 is 0 Å². The summed E-state index contributed by atoms with van der Waals surface area (Å²) >= 11 is 0. The molecular weight excluding hydrogens is 455 g/mol. The Morgan fingerprint density at radius 1 is 0.963 bits per heavy atom. The van der Waals surface area contributed by atoms with Crippen LogP contribution in [0.5, 0.6) is 5.75 Å². The predicted octanol–water partition coefficient (Wildman–Crippen LogP) is 3.24. The number of benzene rings is 2. The molecule has 0 atom stereocenters. The maximum atomic E-state index is 5.25. The van der Waals surface area contributed by atoms with Gasteiger partial charge in [0.05, 0.1) is 13.7 Å². The van der Waals surface area contributed by atoms with Gasteiger partial charge in [0, 0.05) is 39.5 Å². The smallest absolute Gasteiger partial charge is 0.191 e. The van der Waals surface area contributed by atoms with E-state index in [-0.39, 0.29) is 24.0 Å². The number of hydrogen-bond acceptors (Lipinski definition) is 4. The Labute approximate surface area is 178 Å². The molecule has 0 saturated heterocycles. The number of hydrogen-bond donors (Lipinski definition) is 3. The van der Waals surface area contributed by atoms with Crippen LogP contribution in [-0.4, -0.2) is 40.4 Å². The summed E-state index contributed by atoms with van der Waals surface area (Å²) in [6.45, 7) is 2.88. The van der Waals surface area contributed by atoms with E-state index in [1.54, 1.807) is 21.3 Å². The first-order valence-corrected chi connectivity index (χ1v) is 8.64. The molecular formula is C20H29IN4O2. The van der Waals surface area contributed by atoms with Crippen LogP contribution in [-0.2, 0) is 17.8 Å². The van der Waals surface area contributed by atoms with Crippen molar-refractivity contribution in [1.29, 1.82) is 0 Å². The van der Waals surface area contributed by atoms with Crippen LogP contribution in [0.3, 0.4) is 0 Å². The Balaban J connectivity index is 0.00000364. The molecule has 0 aliphatic carbocycles. The Kier molecular flexibility index (Phi) is 11.3. The fraction of sp³-hybridized carbons (Fsp3) is 0.350. The lowest BCUT2D eigenvalue weighted by molar-refractivity contribution is 0.211. The molecule has 2 aromatic carbocycles. The van der Waals surface area contributed by atoms with Crippen molar-refractivity contribution in [3.8, 4) is 5.75 Å². The maximum Gasteiger partial charge on any atom is 0.191 e. The number of rotatable bonds is 9. The summed E-state index contributed by atoms with van der Waals surface area (Å²) in [6.07, 6.45) is 0. The van der Waals surface area contributed by atoms with E-state index in [4.69, 9.17) is 9.47 Å². The lowest BCUT2D eigenvalue weighted by Gasteiger charge is -2.13. The van der Waals surface area contributed by atoms with E-state index in [0.717, 1.165) is 29.5 Å². The zero-order valence-electron chi connectivity index (χ0n) is 16.1. The summed E-state index contributed by atoms with van der Waals surface area (Å²) in [4.78, 5) is 4.27. The maximum absolute atomic E-state index is 5.25. The number of guanidine groups is 1. The van der Waals surface area contributed by atoms with Gasteiger partial charge in [-0.25, -0.2) is 0 Å². The minimum Gasteiger partial charge on any atom is -0.497 e. The lowest BCUT2D eigenvalue weighted by atomic mass is 10.2. The summed E-state index contributed by atoms with van der Waals surface area (Å²) in [6, 6.07) is 16.3. The van der Waals surface area contributed by atoms with Crippen LogP contribution in [0.15, 0.2) is 53.5 Å². The van der Waals surface area contributed by atoms with Gasteiger partial charge in [0.2, 0.25) is 0 Å². The van der Waals surface area contributed by atoms with Gasteiger partial charge < -0.3 is 25.4 Å². The van der Waals surface area contributed by atoms with E-state index in [1.165, 1.54) is 5.56 Å². The number of nitrogens with one attached hydrogen (secondary N) is 3. The van der Waals surface area contributed by atoms with Gasteiger partial charge in [0.25, 0.3) is 0 Å². The number of nitrogens with zero attached hydrogens (tertiary/aromatic N) is 1. The highest BCUT2D eigenvalue weighted by molar-refractivity contribution is 14.0. The van der Waals surface area contributed by atoms with Crippen molar-refractivity contribution in [1.82, 2.24) is 10.6 Å². The van der Waals surface area contributed by atoms with Crippen molar-refractivity contribution >= 4 is 35.6 Å². The van der Waals surface area contributed by atoms with E-state index >= 15 is 0 Å². The minimum atomic E-state index is 0. The largest absolute Gasteiger partial charge is 0.497 e. The second-order valence-corrected chi connectivity index (χ2v) is 5.75. The third-order valence-electron chi connectivity index (χ3n) is 3.87. The second-order valence-electron chi connectivity index (χ2n) is 5.75. The topological polar surface area (TPSA) is 66.9 Å².